The number of urea groups is 1. The van der Waals surface area contributed by atoms with Gasteiger partial charge in [-0.2, -0.15) is 0 Å². The number of benzene rings is 1. The summed E-state index contributed by atoms with van der Waals surface area (Å²) in [5, 5.41) is 14.6. The van der Waals surface area contributed by atoms with Crippen LogP contribution in [0.3, 0.4) is 0 Å². The Balaban J connectivity index is 2.73. The first-order chi connectivity index (χ1) is 9.36. The molecule has 0 aliphatic heterocycles. The molecule has 1 atom stereocenters. The second kappa shape index (κ2) is 6.93. The lowest BCUT2D eigenvalue weighted by Gasteiger charge is -2.27. The largest absolute Gasteiger partial charge is 0.479 e. The van der Waals surface area contributed by atoms with Gasteiger partial charge in [-0.05, 0) is 24.8 Å². The molecule has 0 saturated heterocycles. The van der Waals surface area contributed by atoms with Crippen LogP contribution in [0.1, 0.15) is 32.8 Å². The van der Waals surface area contributed by atoms with E-state index in [0.717, 1.165) is 6.42 Å². The molecule has 0 aliphatic carbocycles. The van der Waals surface area contributed by atoms with Crippen molar-refractivity contribution < 1.29 is 14.7 Å². The summed E-state index contributed by atoms with van der Waals surface area (Å²) in [6.45, 7) is 6.12. The van der Waals surface area contributed by atoms with E-state index < -0.39 is 17.5 Å². The number of aliphatic carboxylic acids is 1. The zero-order chi connectivity index (χ0) is 15.2. The summed E-state index contributed by atoms with van der Waals surface area (Å²) in [6.07, 6.45) is 0.850. The maximum atomic E-state index is 11.8. The quantitative estimate of drug-likeness (QED) is 0.747. The SMILES string of the molecule is CC(C)CCNC(=O)NC(C)(C(=O)O)c1ccccc1. The molecule has 5 nitrogen and oxygen atoms in total. The summed E-state index contributed by atoms with van der Waals surface area (Å²) < 4.78 is 0. The van der Waals surface area contributed by atoms with E-state index in [-0.39, 0.29) is 0 Å². The third-order valence-corrected chi connectivity index (χ3v) is 3.15. The molecule has 0 saturated carbocycles. The summed E-state index contributed by atoms with van der Waals surface area (Å²) in [7, 11) is 0. The fourth-order valence-corrected chi connectivity index (χ4v) is 1.77. The molecule has 1 aromatic carbocycles. The number of carboxylic acids is 1. The van der Waals surface area contributed by atoms with Crippen LogP contribution < -0.4 is 10.6 Å². The molecule has 1 unspecified atom stereocenters. The molecule has 110 valence electrons. The minimum atomic E-state index is -1.44. The van der Waals surface area contributed by atoms with E-state index in [9.17, 15) is 14.7 Å². The number of hydrogen-bond donors (Lipinski definition) is 3. The van der Waals surface area contributed by atoms with Crippen molar-refractivity contribution >= 4 is 12.0 Å². The number of hydrogen-bond acceptors (Lipinski definition) is 2. The Kier molecular flexibility index (Phi) is 5.55. The van der Waals surface area contributed by atoms with Crippen molar-refractivity contribution in [1.82, 2.24) is 10.6 Å². The predicted molar refractivity (Wildman–Crippen MR) is 77.4 cm³/mol. The summed E-state index contributed by atoms with van der Waals surface area (Å²) in [6, 6.07) is 8.18. The second-order valence-corrected chi connectivity index (χ2v) is 5.36. The van der Waals surface area contributed by atoms with Gasteiger partial charge in [-0.15, -0.1) is 0 Å². The monoisotopic (exact) mass is 278 g/mol. The van der Waals surface area contributed by atoms with E-state index in [1.807, 2.05) is 0 Å². The lowest BCUT2D eigenvalue weighted by atomic mass is 9.92. The summed E-state index contributed by atoms with van der Waals surface area (Å²) in [4.78, 5) is 23.3. The van der Waals surface area contributed by atoms with Crippen molar-refractivity contribution in [3.8, 4) is 0 Å². The van der Waals surface area contributed by atoms with Crippen molar-refractivity contribution in [3.63, 3.8) is 0 Å². The van der Waals surface area contributed by atoms with E-state index in [2.05, 4.69) is 24.5 Å². The number of carbonyl (C=O) groups excluding carboxylic acids is 1. The van der Waals surface area contributed by atoms with Gasteiger partial charge in [0.1, 0.15) is 0 Å². The molecule has 0 radical (unpaired) electrons. The molecule has 0 bridgehead atoms. The van der Waals surface area contributed by atoms with Gasteiger partial charge in [0.05, 0.1) is 0 Å². The Morgan fingerprint density at radius 1 is 1.25 bits per heavy atom. The number of carbonyl (C=O) groups is 2. The third kappa shape index (κ3) is 4.26. The topological polar surface area (TPSA) is 78.4 Å². The minimum absolute atomic E-state index is 0.473. The summed E-state index contributed by atoms with van der Waals surface area (Å²) in [5.74, 6) is -0.613. The predicted octanol–water partition coefficient (Wildman–Crippen LogP) is 2.33. The zero-order valence-electron chi connectivity index (χ0n) is 12.1. The van der Waals surface area contributed by atoms with E-state index in [0.29, 0.717) is 18.0 Å². The molecular formula is C15H22N2O3. The van der Waals surface area contributed by atoms with Crippen LogP contribution in [0.15, 0.2) is 30.3 Å². The fraction of sp³-hybridized carbons (Fsp3) is 0.467. The van der Waals surface area contributed by atoms with Crippen molar-refractivity contribution in [2.45, 2.75) is 32.7 Å². The van der Waals surface area contributed by atoms with Crippen LogP contribution >= 0.6 is 0 Å². The highest BCUT2D eigenvalue weighted by Crippen LogP contribution is 2.20. The lowest BCUT2D eigenvalue weighted by molar-refractivity contribution is -0.144. The Hall–Kier alpha value is -2.04. The van der Waals surface area contributed by atoms with E-state index in [4.69, 9.17) is 0 Å². The van der Waals surface area contributed by atoms with E-state index in [1.54, 1.807) is 30.3 Å². The van der Waals surface area contributed by atoms with Crippen LogP contribution in [0.2, 0.25) is 0 Å². The van der Waals surface area contributed by atoms with Crippen LogP contribution in [0.25, 0.3) is 0 Å². The van der Waals surface area contributed by atoms with Crippen LogP contribution in [-0.4, -0.2) is 23.7 Å². The number of carboxylic acid groups (broad SMARTS) is 1. The maximum absolute atomic E-state index is 11.8. The van der Waals surface area contributed by atoms with Crippen LogP contribution in [-0.2, 0) is 10.3 Å². The number of nitrogens with one attached hydrogen (secondary N) is 2. The Bertz CT molecular complexity index is 459. The normalized spacial score (nSPS) is 13.6. The van der Waals surface area contributed by atoms with Crippen molar-refractivity contribution in [2.75, 3.05) is 6.54 Å². The van der Waals surface area contributed by atoms with Gasteiger partial charge in [0.25, 0.3) is 0 Å². The zero-order valence-corrected chi connectivity index (χ0v) is 12.1. The Morgan fingerprint density at radius 3 is 2.35 bits per heavy atom. The molecule has 0 aromatic heterocycles. The first-order valence-corrected chi connectivity index (χ1v) is 6.71. The van der Waals surface area contributed by atoms with Gasteiger partial charge in [0.15, 0.2) is 5.54 Å². The standard InChI is InChI=1S/C15H22N2O3/c1-11(2)9-10-16-14(20)17-15(3,13(18)19)12-7-5-4-6-8-12/h4-8,11H,9-10H2,1-3H3,(H,18,19)(H2,16,17,20). The van der Waals surface area contributed by atoms with Gasteiger partial charge in [0, 0.05) is 6.54 Å². The molecular weight excluding hydrogens is 256 g/mol. The Labute approximate surface area is 119 Å². The van der Waals surface area contributed by atoms with Gasteiger partial charge in [-0.3, -0.25) is 0 Å². The molecule has 0 aliphatic rings. The fourth-order valence-electron chi connectivity index (χ4n) is 1.77. The third-order valence-electron chi connectivity index (χ3n) is 3.15. The molecule has 5 heteroatoms. The second-order valence-electron chi connectivity index (χ2n) is 5.36. The van der Waals surface area contributed by atoms with Gasteiger partial charge < -0.3 is 15.7 Å². The molecule has 0 spiro atoms. The summed E-state index contributed by atoms with van der Waals surface area (Å²) in [5.41, 5.74) is -0.907. The molecule has 1 aromatic rings. The van der Waals surface area contributed by atoms with Crippen LogP contribution in [0.5, 0.6) is 0 Å². The molecule has 0 fully saturated rings. The maximum Gasteiger partial charge on any atom is 0.333 e. The minimum Gasteiger partial charge on any atom is -0.479 e. The van der Waals surface area contributed by atoms with Crippen LogP contribution in [0, 0.1) is 5.92 Å². The number of amides is 2. The Morgan fingerprint density at radius 2 is 1.85 bits per heavy atom. The molecule has 1 rings (SSSR count). The average Bonchev–Trinajstić information content (AvgIpc) is 2.38. The smallest absolute Gasteiger partial charge is 0.333 e. The van der Waals surface area contributed by atoms with Crippen LogP contribution in [0.4, 0.5) is 4.79 Å². The first-order valence-electron chi connectivity index (χ1n) is 6.71. The van der Waals surface area contributed by atoms with Gasteiger partial charge in [-0.1, -0.05) is 44.2 Å². The highest BCUT2D eigenvalue weighted by molar-refractivity contribution is 5.87. The average molecular weight is 278 g/mol. The van der Waals surface area contributed by atoms with Crippen molar-refractivity contribution in [1.29, 1.82) is 0 Å². The molecule has 3 N–H and O–H groups in total. The highest BCUT2D eigenvalue weighted by atomic mass is 16.4. The van der Waals surface area contributed by atoms with E-state index >= 15 is 0 Å². The molecule has 2 amide bonds. The highest BCUT2D eigenvalue weighted by Gasteiger charge is 2.36. The lowest BCUT2D eigenvalue weighted by Crippen LogP contribution is -2.53. The van der Waals surface area contributed by atoms with Crippen molar-refractivity contribution in [3.05, 3.63) is 35.9 Å². The molecule has 20 heavy (non-hydrogen) atoms. The van der Waals surface area contributed by atoms with Crippen molar-refractivity contribution in [2.24, 2.45) is 5.92 Å². The van der Waals surface area contributed by atoms with E-state index in [1.165, 1.54) is 6.92 Å². The van der Waals surface area contributed by atoms with Gasteiger partial charge in [-0.25, -0.2) is 9.59 Å². The number of rotatable bonds is 6. The van der Waals surface area contributed by atoms with Gasteiger partial charge in [0.2, 0.25) is 0 Å². The first kappa shape index (κ1) is 16.0. The molecule has 0 heterocycles. The summed E-state index contributed by atoms with van der Waals surface area (Å²) >= 11 is 0. The van der Waals surface area contributed by atoms with Gasteiger partial charge >= 0.3 is 12.0 Å².